The van der Waals surface area contributed by atoms with E-state index < -0.39 is 0 Å². The van der Waals surface area contributed by atoms with Crippen LogP contribution in [-0.2, 0) is 4.79 Å². The van der Waals surface area contributed by atoms with E-state index in [0.29, 0.717) is 21.6 Å². The number of ether oxygens (including phenoxy) is 1. The third-order valence-electron chi connectivity index (χ3n) is 5.36. The van der Waals surface area contributed by atoms with Crippen molar-refractivity contribution in [1.82, 2.24) is 9.88 Å². The number of amides is 1. The summed E-state index contributed by atoms with van der Waals surface area (Å²) in [5.41, 5.74) is 1.68. The van der Waals surface area contributed by atoms with Crippen LogP contribution < -0.4 is 4.74 Å². The lowest BCUT2D eigenvalue weighted by molar-refractivity contribution is -0.124. The second kappa shape index (κ2) is 8.92. The number of nitrogens with zero attached hydrogens (tertiary/aromatic N) is 3. The summed E-state index contributed by atoms with van der Waals surface area (Å²) in [5.74, 6) is 1.03. The molecule has 0 radical (unpaired) electrons. The van der Waals surface area contributed by atoms with Gasteiger partial charge in [-0.3, -0.25) is 9.69 Å². The van der Waals surface area contributed by atoms with Gasteiger partial charge in [-0.1, -0.05) is 31.4 Å². The molecule has 0 spiro atoms. The van der Waals surface area contributed by atoms with Crippen molar-refractivity contribution in [3.05, 3.63) is 52.6 Å². The highest BCUT2D eigenvalue weighted by molar-refractivity contribution is 8.18. The third-order valence-corrected chi connectivity index (χ3v) is 6.35. The Morgan fingerprint density at radius 3 is 2.77 bits per heavy atom. The van der Waals surface area contributed by atoms with E-state index in [2.05, 4.69) is 4.98 Å². The molecule has 1 aliphatic carbocycles. The number of hydrogen-bond donors (Lipinski definition) is 1. The third kappa shape index (κ3) is 4.36. The lowest BCUT2D eigenvalue weighted by Crippen LogP contribution is -2.40. The second-order valence-electron chi connectivity index (χ2n) is 7.54. The van der Waals surface area contributed by atoms with E-state index in [4.69, 9.17) is 9.73 Å². The number of benzene rings is 1. The average molecular weight is 424 g/mol. The Hall–Kier alpha value is -2.80. The molecule has 2 aliphatic rings. The van der Waals surface area contributed by atoms with E-state index in [1.165, 1.54) is 25.3 Å². The number of pyridine rings is 1. The lowest BCUT2D eigenvalue weighted by Gasteiger charge is -2.30. The van der Waals surface area contributed by atoms with Crippen LogP contribution in [0.3, 0.4) is 0 Å². The number of aryl methyl sites for hydroxylation is 1. The van der Waals surface area contributed by atoms with Gasteiger partial charge < -0.3 is 9.84 Å². The highest BCUT2D eigenvalue weighted by Gasteiger charge is 2.38. The van der Waals surface area contributed by atoms with Gasteiger partial charge in [0, 0.05) is 11.7 Å². The molecule has 1 aromatic heterocycles. The number of aromatic hydroxyl groups is 1. The van der Waals surface area contributed by atoms with Crippen LogP contribution in [0, 0.1) is 6.92 Å². The molecule has 1 aromatic carbocycles. The summed E-state index contributed by atoms with van der Waals surface area (Å²) in [6.45, 7) is 1.93. The van der Waals surface area contributed by atoms with Crippen LogP contribution in [0.1, 0.15) is 43.4 Å². The summed E-state index contributed by atoms with van der Waals surface area (Å²) in [6.07, 6.45) is 7.29. The van der Waals surface area contributed by atoms with Crippen LogP contribution >= 0.6 is 11.8 Å². The van der Waals surface area contributed by atoms with Crippen LogP contribution in [-0.4, -0.2) is 39.2 Å². The first-order valence-electron chi connectivity index (χ1n) is 10.2. The molecule has 1 aliphatic heterocycles. The Kier molecular flexibility index (Phi) is 6.08. The number of phenols is 1. The zero-order valence-electron chi connectivity index (χ0n) is 17.2. The molecular weight excluding hydrogens is 398 g/mol. The zero-order chi connectivity index (χ0) is 21.1. The van der Waals surface area contributed by atoms with Gasteiger partial charge in [0.05, 0.1) is 12.0 Å². The SMILES string of the molecule is COc1cc(/C=C2\S/C(=N/c3cccc(C)n3)N(C3CCCCC3)C2=O)ccc1O. The number of phenolic OH excluding ortho intramolecular Hbond substituents is 1. The zero-order valence-corrected chi connectivity index (χ0v) is 18.0. The van der Waals surface area contributed by atoms with Crippen molar-refractivity contribution in [3.8, 4) is 11.5 Å². The maximum absolute atomic E-state index is 13.4. The summed E-state index contributed by atoms with van der Waals surface area (Å²) in [5, 5.41) is 10.5. The number of carbonyl (C=O) groups is 1. The fourth-order valence-electron chi connectivity index (χ4n) is 3.85. The molecule has 7 heteroatoms. The van der Waals surface area contributed by atoms with Crippen LogP contribution in [0.15, 0.2) is 46.3 Å². The van der Waals surface area contributed by atoms with Gasteiger partial charge in [0.2, 0.25) is 0 Å². The molecule has 0 bridgehead atoms. The number of thioether (sulfide) groups is 1. The van der Waals surface area contributed by atoms with Crippen molar-refractivity contribution in [1.29, 1.82) is 0 Å². The highest BCUT2D eigenvalue weighted by Crippen LogP contribution is 2.39. The molecule has 6 nitrogen and oxygen atoms in total. The molecule has 0 atom stereocenters. The fourth-order valence-corrected chi connectivity index (χ4v) is 4.90. The molecule has 156 valence electrons. The highest BCUT2D eigenvalue weighted by atomic mass is 32.2. The van der Waals surface area contributed by atoms with Crippen molar-refractivity contribution in [3.63, 3.8) is 0 Å². The summed E-state index contributed by atoms with van der Waals surface area (Å²) < 4.78 is 5.19. The quantitative estimate of drug-likeness (QED) is 0.697. The number of hydrogen-bond acceptors (Lipinski definition) is 6. The van der Waals surface area contributed by atoms with E-state index in [9.17, 15) is 9.90 Å². The molecule has 2 heterocycles. The molecule has 0 unspecified atom stereocenters. The summed E-state index contributed by atoms with van der Waals surface area (Å²) in [6, 6.07) is 10.9. The van der Waals surface area contributed by atoms with Crippen molar-refractivity contribution >= 4 is 34.7 Å². The Bertz CT molecular complexity index is 1010. The normalized spacial score (nSPS) is 20.3. The number of aromatic nitrogens is 1. The maximum Gasteiger partial charge on any atom is 0.267 e. The van der Waals surface area contributed by atoms with Gasteiger partial charge in [0.1, 0.15) is 0 Å². The smallest absolute Gasteiger partial charge is 0.267 e. The van der Waals surface area contributed by atoms with E-state index >= 15 is 0 Å². The molecule has 4 rings (SSSR count). The molecule has 30 heavy (non-hydrogen) atoms. The van der Waals surface area contributed by atoms with Gasteiger partial charge >= 0.3 is 0 Å². The molecule has 1 N–H and O–H groups in total. The minimum absolute atomic E-state index is 0.0228. The number of aliphatic imine (C=N–C) groups is 1. The van der Waals surface area contributed by atoms with Crippen molar-refractivity contribution in [2.45, 2.75) is 45.1 Å². The first-order chi connectivity index (χ1) is 14.5. The Morgan fingerprint density at radius 1 is 1.23 bits per heavy atom. The van der Waals surface area contributed by atoms with Crippen molar-refractivity contribution < 1.29 is 14.6 Å². The summed E-state index contributed by atoms with van der Waals surface area (Å²) in [4.78, 5) is 25.0. The number of methoxy groups -OCH3 is 1. The van der Waals surface area contributed by atoms with Gasteiger partial charge in [-0.05, 0) is 67.4 Å². The number of amidine groups is 1. The van der Waals surface area contributed by atoms with E-state index in [1.807, 2.05) is 36.1 Å². The monoisotopic (exact) mass is 423 g/mol. The van der Waals surface area contributed by atoms with Gasteiger partial charge in [-0.2, -0.15) is 0 Å². The average Bonchev–Trinajstić information content (AvgIpc) is 3.04. The van der Waals surface area contributed by atoms with Crippen LogP contribution in [0.4, 0.5) is 5.82 Å². The Morgan fingerprint density at radius 2 is 2.03 bits per heavy atom. The first kappa shape index (κ1) is 20.5. The predicted molar refractivity (Wildman–Crippen MR) is 120 cm³/mol. The van der Waals surface area contributed by atoms with Gasteiger partial charge in [0.15, 0.2) is 22.5 Å². The molecule has 2 aromatic rings. The number of carbonyl (C=O) groups excluding carboxylic acids is 1. The molecule has 1 saturated heterocycles. The van der Waals surface area contributed by atoms with Crippen LogP contribution in [0.2, 0.25) is 0 Å². The first-order valence-corrected chi connectivity index (χ1v) is 11.0. The molecule has 1 amide bonds. The van der Waals surface area contributed by atoms with E-state index in [-0.39, 0.29) is 17.7 Å². The minimum Gasteiger partial charge on any atom is -0.504 e. The summed E-state index contributed by atoms with van der Waals surface area (Å²) >= 11 is 1.38. The molecule has 1 saturated carbocycles. The van der Waals surface area contributed by atoms with Crippen molar-refractivity contribution in [2.24, 2.45) is 4.99 Å². The topological polar surface area (TPSA) is 75.0 Å². The predicted octanol–water partition coefficient (Wildman–Crippen LogP) is 5.04. The largest absolute Gasteiger partial charge is 0.504 e. The summed E-state index contributed by atoms with van der Waals surface area (Å²) in [7, 11) is 1.51. The molecular formula is C23H25N3O3S. The maximum atomic E-state index is 13.4. The van der Waals surface area contributed by atoms with Gasteiger partial charge in [-0.25, -0.2) is 9.98 Å². The van der Waals surface area contributed by atoms with Crippen molar-refractivity contribution in [2.75, 3.05) is 7.11 Å². The van der Waals surface area contributed by atoms with Crippen LogP contribution in [0.25, 0.3) is 6.08 Å². The van der Waals surface area contributed by atoms with Gasteiger partial charge in [0.25, 0.3) is 5.91 Å². The molecule has 2 fully saturated rings. The van der Waals surface area contributed by atoms with Gasteiger partial charge in [-0.15, -0.1) is 0 Å². The minimum atomic E-state index is -0.0228. The second-order valence-corrected chi connectivity index (χ2v) is 8.55. The van der Waals surface area contributed by atoms with E-state index in [0.717, 1.165) is 36.9 Å². The fraction of sp³-hybridized carbons (Fsp3) is 0.348. The number of rotatable bonds is 4. The van der Waals surface area contributed by atoms with Crippen LogP contribution in [0.5, 0.6) is 11.5 Å². The van der Waals surface area contributed by atoms with E-state index in [1.54, 1.807) is 18.2 Å². The Labute approximate surface area is 180 Å². The lowest BCUT2D eigenvalue weighted by atomic mass is 9.94. The standard InChI is InChI=1S/C23H25N3O3S/c1-15-7-6-10-21(24-15)25-23-26(17-8-4-3-5-9-17)22(28)20(30-23)14-16-11-12-18(27)19(13-16)29-2/h6-7,10-14,17,27H,3-5,8-9H2,1-2H3/b20-14-,25-23+. The Balaban J connectivity index is 1.70.